The second kappa shape index (κ2) is 5.54. The molecule has 0 amide bonds. The summed E-state index contributed by atoms with van der Waals surface area (Å²) in [5, 5.41) is 0.0778. The zero-order valence-corrected chi connectivity index (χ0v) is 8.62. The first-order valence-electron chi connectivity index (χ1n) is 4.39. The molecule has 0 radical (unpaired) electrons. The lowest BCUT2D eigenvalue weighted by atomic mass is 10.4. The Bertz CT molecular complexity index is 317. The van der Waals surface area contributed by atoms with Crippen LogP contribution in [-0.2, 0) is 4.74 Å². The number of aromatic nitrogens is 2. The first-order valence-corrected chi connectivity index (χ1v) is 4.77. The van der Waals surface area contributed by atoms with Crippen molar-refractivity contribution in [3.8, 4) is 0 Å². The number of halogens is 1. The van der Waals surface area contributed by atoms with Crippen LogP contribution in [0.25, 0.3) is 0 Å². The van der Waals surface area contributed by atoms with Gasteiger partial charge < -0.3 is 4.74 Å². The van der Waals surface area contributed by atoms with E-state index in [1.54, 1.807) is 0 Å². The van der Waals surface area contributed by atoms with Gasteiger partial charge in [-0.15, -0.1) is 0 Å². The molecule has 1 aromatic rings. The lowest BCUT2D eigenvalue weighted by Crippen LogP contribution is -2.09. The molecule has 0 bridgehead atoms. The van der Waals surface area contributed by atoms with Gasteiger partial charge in [0.05, 0.1) is 6.61 Å². The summed E-state index contributed by atoms with van der Waals surface area (Å²) < 4.78 is 4.92. The first kappa shape index (κ1) is 10.9. The van der Waals surface area contributed by atoms with Crippen molar-refractivity contribution in [1.29, 1.82) is 0 Å². The van der Waals surface area contributed by atoms with Gasteiger partial charge in [-0.25, -0.2) is 14.8 Å². The fourth-order valence-corrected chi connectivity index (χ4v) is 1.02. The molecule has 1 rings (SSSR count). The first-order chi connectivity index (χ1) is 6.75. The Labute approximate surface area is 87.3 Å². The fourth-order valence-electron chi connectivity index (χ4n) is 0.836. The van der Waals surface area contributed by atoms with Crippen LogP contribution in [0.1, 0.15) is 30.3 Å². The Morgan fingerprint density at radius 1 is 1.50 bits per heavy atom. The van der Waals surface area contributed by atoms with Crippen LogP contribution >= 0.6 is 11.6 Å². The number of carbonyl (C=O) groups excluding carboxylic acids is 1. The van der Waals surface area contributed by atoms with Crippen LogP contribution in [0.3, 0.4) is 0 Å². The molecule has 0 saturated carbocycles. The molecule has 0 atom stereocenters. The SMILES string of the molecule is CCCCOC(=O)c1nccnc1Cl. The van der Waals surface area contributed by atoms with Gasteiger partial charge in [-0.05, 0) is 6.42 Å². The third-order valence-electron chi connectivity index (χ3n) is 1.58. The van der Waals surface area contributed by atoms with E-state index in [0.29, 0.717) is 6.61 Å². The molecule has 5 heteroatoms. The van der Waals surface area contributed by atoms with E-state index in [-0.39, 0.29) is 10.8 Å². The van der Waals surface area contributed by atoms with Gasteiger partial charge in [-0.1, -0.05) is 24.9 Å². The number of unbranched alkanes of at least 4 members (excludes halogenated alkanes) is 1. The largest absolute Gasteiger partial charge is 0.461 e. The van der Waals surface area contributed by atoms with Gasteiger partial charge in [0.25, 0.3) is 0 Å². The summed E-state index contributed by atoms with van der Waals surface area (Å²) in [5.41, 5.74) is 0.0743. The lowest BCUT2D eigenvalue weighted by Gasteiger charge is -2.03. The molecule has 0 unspecified atom stereocenters. The quantitative estimate of drug-likeness (QED) is 0.569. The Morgan fingerprint density at radius 3 is 2.86 bits per heavy atom. The predicted octanol–water partition coefficient (Wildman–Crippen LogP) is 2.09. The Kier molecular flexibility index (Phi) is 4.32. The van der Waals surface area contributed by atoms with Crippen molar-refractivity contribution in [2.45, 2.75) is 19.8 Å². The molecule has 0 N–H and O–H groups in total. The number of hydrogen-bond donors (Lipinski definition) is 0. The number of ether oxygens (including phenoxy) is 1. The molecule has 0 spiro atoms. The van der Waals surface area contributed by atoms with Crippen molar-refractivity contribution in [3.63, 3.8) is 0 Å². The van der Waals surface area contributed by atoms with Gasteiger partial charge in [0.1, 0.15) is 0 Å². The average Bonchev–Trinajstić information content (AvgIpc) is 2.18. The monoisotopic (exact) mass is 214 g/mol. The van der Waals surface area contributed by atoms with Gasteiger partial charge in [0.15, 0.2) is 10.8 Å². The van der Waals surface area contributed by atoms with Crippen molar-refractivity contribution >= 4 is 17.6 Å². The third kappa shape index (κ3) is 2.96. The molecule has 1 heterocycles. The molecular weight excluding hydrogens is 204 g/mol. The van der Waals surface area contributed by atoms with Crippen LogP contribution in [-0.4, -0.2) is 22.5 Å². The Hall–Kier alpha value is -1.16. The van der Waals surface area contributed by atoms with Crippen LogP contribution in [0, 0.1) is 0 Å². The summed E-state index contributed by atoms with van der Waals surface area (Å²) in [6.45, 7) is 2.41. The Balaban J connectivity index is 2.56. The molecule has 14 heavy (non-hydrogen) atoms. The van der Waals surface area contributed by atoms with Gasteiger partial charge in [-0.2, -0.15) is 0 Å². The van der Waals surface area contributed by atoms with E-state index in [1.807, 2.05) is 6.92 Å². The van der Waals surface area contributed by atoms with Crippen molar-refractivity contribution in [2.24, 2.45) is 0 Å². The fraction of sp³-hybridized carbons (Fsp3) is 0.444. The highest BCUT2D eigenvalue weighted by molar-refractivity contribution is 6.32. The molecule has 0 saturated heterocycles. The highest BCUT2D eigenvalue weighted by Crippen LogP contribution is 2.09. The van der Waals surface area contributed by atoms with Crippen LogP contribution in [0.5, 0.6) is 0 Å². The number of esters is 1. The summed E-state index contributed by atoms with van der Waals surface area (Å²) in [4.78, 5) is 18.8. The highest BCUT2D eigenvalue weighted by Gasteiger charge is 2.13. The summed E-state index contributed by atoms with van der Waals surface area (Å²) >= 11 is 5.66. The summed E-state index contributed by atoms with van der Waals surface area (Å²) in [6.07, 6.45) is 4.64. The van der Waals surface area contributed by atoms with E-state index in [4.69, 9.17) is 16.3 Å². The Morgan fingerprint density at radius 2 is 2.21 bits per heavy atom. The molecular formula is C9H11ClN2O2. The maximum absolute atomic E-state index is 11.3. The van der Waals surface area contributed by atoms with Crippen molar-refractivity contribution < 1.29 is 9.53 Å². The van der Waals surface area contributed by atoms with Crippen molar-refractivity contribution in [2.75, 3.05) is 6.61 Å². The van der Waals surface area contributed by atoms with Crippen molar-refractivity contribution in [3.05, 3.63) is 23.2 Å². The summed E-state index contributed by atoms with van der Waals surface area (Å²) in [5.74, 6) is -0.517. The molecule has 1 aromatic heterocycles. The van der Waals surface area contributed by atoms with Crippen molar-refractivity contribution in [1.82, 2.24) is 9.97 Å². The number of carbonyl (C=O) groups is 1. The van der Waals surface area contributed by atoms with E-state index < -0.39 is 5.97 Å². The van der Waals surface area contributed by atoms with Crippen LogP contribution in [0.2, 0.25) is 5.15 Å². The molecule has 0 aromatic carbocycles. The maximum atomic E-state index is 11.3. The van der Waals surface area contributed by atoms with E-state index in [0.717, 1.165) is 12.8 Å². The van der Waals surface area contributed by atoms with Crippen LogP contribution < -0.4 is 0 Å². The zero-order valence-electron chi connectivity index (χ0n) is 7.86. The molecule has 4 nitrogen and oxygen atoms in total. The summed E-state index contributed by atoms with van der Waals surface area (Å²) in [7, 11) is 0. The standard InChI is InChI=1S/C9H11ClN2O2/c1-2-3-6-14-9(13)7-8(10)12-5-4-11-7/h4-5H,2-3,6H2,1H3. The third-order valence-corrected chi connectivity index (χ3v) is 1.85. The summed E-state index contributed by atoms with van der Waals surface area (Å²) in [6, 6.07) is 0. The second-order valence-corrected chi connectivity index (χ2v) is 3.04. The number of rotatable bonds is 4. The molecule has 0 aliphatic heterocycles. The molecule has 0 aliphatic carbocycles. The van der Waals surface area contributed by atoms with Crippen LogP contribution in [0.15, 0.2) is 12.4 Å². The smallest absolute Gasteiger partial charge is 0.360 e. The van der Waals surface area contributed by atoms with E-state index in [1.165, 1.54) is 12.4 Å². The van der Waals surface area contributed by atoms with Gasteiger partial charge in [0.2, 0.25) is 0 Å². The minimum absolute atomic E-state index is 0.0743. The topological polar surface area (TPSA) is 52.1 Å². The molecule has 0 fully saturated rings. The molecule has 0 aliphatic rings. The maximum Gasteiger partial charge on any atom is 0.360 e. The second-order valence-electron chi connectivity index (χ2n) is 2.69. The lowest BCUT2D eigenvalue weighted by molar-refractivity contribution is 0.0492. The zero-order chi connectivity index (χ0) is 10.4. The highest BCUT2D eigenvalue weighted by atomic mass is 35.5. The van der Waals surface area contributed by atoms with E-state index >= 15 is 0 Å². The minimum atomic E-state index is -0.517. The number of nitrogens with zero attached hydrogens (tertiary/aromatic N) is 2. The minimum Gasteiger partial charge on any atom is -0.461 e. The van der Waals surface area contributed by atoms with E-state index in [9.17, 15) is 4.79 Å². The number of hydrogen-bond acceptors (Lipinski definition) is 4. The van der Waals surface area contributed by atoms with Crippen LogP contribution in [0.4, 0.5) is 0 Å². The van der Waals surface area contributed by atoms with Gasteiger partial charge in [-0.3, -0.25) is 0 Å². The molecule has 76 valence electrons. The van der Waals surface area contributed by atoms with Gasteiger partial charge >= 0.3 is 5.97 Å². The van der Waals surface area contributed by atoms with E-state index in [2.05, 4.69) is 9.97 Å². The normalized spacial score (nSPS) is 9.86. The van der Waals surface area contributed by atoms with Gasteiger partial charge in [0, 0.05) is 12.4 Å². The predicted molar refractivity (Wildman–Crippen MR) is 52.2 cm³/mol. The average molecular weight is 215 g/mol.